The normalized spacial score (nSPS) is 18.6. The number of nitrogen functional groups attached to an aromatic ring is 1. The van der Waals surface area contributed by atoms with Crippen molar-refractivity contribution in [2.45, 2.75) is 6.04 Å². The van der Waals surface area contributed by atoms with Crippen LogP contribution in [0.2, 0.25) is 0 Å². The Balaban J connectivity index is 2.32. The van der Waals surface area contributed by atoms with Gasteiger partial charge in [-0.1, -0.05) is 0 Å². The highest BCUT2D eigenvalue weighted by Crippen LogP contribution is 2.30. The van der Waals surface area contributed by atoms with Crippen molar-refractivity contribution in [3.63, 3.8) is 0 Å². The number of hydrogen-bond acceptors (Lipinski definition) is 6. The van der Waals surface area contributed by atoms with Crippen molar-refractivity contribution >= 4 is 23.0 Å². The Bertz CT molecular complexity index is 534. The van der Waals surface area contributed by atoms with E-state index in [-0.39, 0.29) is 23.9 Å². The molecule has 1 aromatic rings. The predicted octanol–water partition coefficient (Wildman–Crippen LogP) is 0.128. The van der Waals surface area contributed by atoms with Crippen LogP contribution < -0.4 is 16.0 Å². The maximum atomic E-state index is 11.9. The van der Waals surface area contributed by atoms with E-state index in [9.17, 15) is 14.9 Å². The lowest BCUT2D eigenvalue weighted by Crippen LogP contribution is -2.53. The summed E-state index contributed by atoms with van der Waals surface area (Å²) >= 11 is 0. The zero-order chi connectivity index (χ0) is 14.7. The first-order valence-electron chi connectivity index (χ1n) is 6.14. The van der Waals surface area contributed by atoms with Crippen LogP contribution in [-0.4, -0.2) is 43.7 Å². The molecule has 0 radical (unpaired) electrons. The van der Waals surface area contributed by atoms with Crippen LogP contribution in [0.5, 0.6) is 0 Å². The number of non-ortho nitro benzene ring substituents is 1. The van der Waals surface area contributed by atoms with Crippen LogP contribution in [0.3, 0.4) is 0 Å². The number of carbonyl (C=O) groups is 1. The highest BCUT2D eigenvalue weighted by Gasteiger charge is 2.30. The summed E-state index contributed by atoms with van der Waals surface area (Å²) in [6, 6.07) is 3.75. The van der Waals surface area contributed by atoms with Crippen LogP contribution in [-0.2, 0) is 9.53 Å². The fourth-order valence-corrected chi connectivity index (χ4v) is 2.19. The summed E-state index contributed by atoms with van der Waals surface area (Å²) in [6.45, 7) is 1.24. The lowest BCUT2D eigenvalue weighted by Gasteiger charge is -2.36. The second-order valence-electron chi connectivity index (χ2n) is 4.40. The highest BCUT2D eigenvalue weighted by molar-refractivity contribution is 5.87. The monoisotopic (exact) mass is 280 g/mol. The number of nitro groups is 1. The van der Waals surface area contributed by atoms with Crippen molar-refractivity contribution in [1.82, 2.24) is 5.32 Å². The van der Waals surface area contributed by atoms with Gasteiger partial charge in [-0.05, 0) is 6.07 Å². The molecule has 1 heterocycles. The summed E-state index contributed by atoms with van der Waals surface area (Å²) in [5.41, 5.74) is 6.68. The molecule has 3 N–H and O–H groups in total. The van der Waals surface area contributed by atoms with Crippen LogP contribution >= 0.6 is 0 Å². The number of carbonyl (C=O) groups excluding carboxylic acids is 1. The highest BCUT2D eigenvalue weighted by atomic mass is 16.6. The minimum absolute atomic E-state index is 0.0731. The van der Waals surface area contributed by atoms with Gasteiger partial charge in [0.1, 0.15) is 6.04 Å². The van der Waals surface area contributed by atoms with Crippen LogP contribution in [0.1, 0.15) is 0 Å². The number of nitro benzene ring substituents is 1. The van der Waals surface area contributed by atoms with Gasteiger partial charge < -0.3 is 20.7 Å². The molecule has 1 fully saturated rings. The number of likely N-dealkylation sites (N-methyl/N-ethyl adjacent to an activating group) is 1. The fraction of sp³-hybridized carbons (Fsp3) is 0.417. The molecule has 0 saturated carbocycles. The Morgan fingerprint density at radius 1 is 1.60 bits per heavy atom. The van der Waals surface area contributed by atoms with E-state index >= 15 is 0 Å². The quantitative estimate of drug-likeness (QED) is 0.462. The van der Waals surface area contributed by atoms with Crippen molar-refractivity contribution in [2.24, 2.45) is 0 Å². The van der Waals surface area contributed by atoms with E-state index in [4.69, 9.17) is 10.5 Å². The first-order valence-corrected chi connectivity index (χ1v) is 6.14. The number of rotatable bonds is 3. The zero-order valence-corrected chi connectivity index (χ0v) is 11.0. The van der Waals surface area contributed by atoms with Gasteiger partial charge in [-0.25, -0.2) is 0 Å². The van der Waals surface area contributed by atoms with Crippen molar-refractivity contribution in [2.75, 3.05) is 37.4 Å². The third kappa shape index (κ3) is 2.64. The second kappa shape index (κ2) is 5.74. The van der Waals surface area contributed by atoms with Gasteiger partial charge in [-0.15, -0.1) is 0 Å². The number of nitrogens with one attached hydrogen (secondary N) is 1. The van der Waals surface area contributed by atoms with Crippen LogP contribution in [0, 0.1) is 10.1 Å². The Morgan fingerprint density at radius 2 is 2.35 bits per heavy atom. The number of morpholine rings is 1. The molecule has 1 amide bonds. The zero-order valence-electron chi connectivity index (χ0n) is 11.0. The third-order valence-electron chi connectivity index (χ3n) is 3.21. The van der Waals surface area contributed by atoms with Gasteiger partial charge in [0.15, 0.2) is 0 Å². The molecule has 1 aliphatic heterocycles. The number of anilines is 2. The van der Waals surface area contributed by atoms with Gasteiger partial charge in [0.05, 0.1) is 29.5 Å². The van der Waals surface area contributed by atoms with Gasteiger partial charge in [0.25, 0.3) is 5.69 Å². The molecule has 1 saturated heterocycles. The molecule has 0 bridgehead atoms. The predicted molar refractivity (Wildman–Crippen MR) is 73.5 cm³/mol. The Hall–Kier alpha value is -2.35. The minimum Gasteiger partial charge on any atom is -0.397 e. The van der Waals surface area contributed by atoms with Crippen molar-refractivity contribution in [3.8, 4) is 0 Å². The van der Waals surface area contributed by atoms with E-state index in [0.29, 0.717) is 18.8 Å². The van der Waals surface area contributed by atoms with Gasteiger partial charge in [0.2, 0.25) is 5.91 Å². The molecule has 0 aromatic heterocycles. The number of nitrogens with two attached hydrogens (primary N) is 1. The summed E-state index contributed by atoms with van der Waals surface area (Å²) in [4.78, 5) is 23.9. The lowest BCUT2D eigenvalue weighted by atomic mass is 10.1. The lowest BCUT2D eigenvalue weighted by molar-refractivity contribution is -0.384. The van der Waals surface area contributed by atoms with Gasteiger partial charge >= 0.3 is 0 Å². The SMILES string of the molecule is CNC(=O)C1COCCN1c1ccc([N+](=O)[O-])cc1N. The Kier molecular flexibility index (Phi) is 4.04. The fourth-order valence-electron chi connectivity index (χ4n) is 2.19. The molecular weight excluding hydrogens is 264 g/mol. The van der Waals surface area contributed by atoms with Crippen molar-refractivity contribution in [3.05, 3.63) is 28.3 Å². The summed E-state index contributed by atoms with van der Waals surface area (Å²) in [7, 11) is 1.55. The standard InChI is InChI=1S/C12H16N4O4/c1-14-12(17)11-7-20-5-4-15(11)10-3-2-8(16(18)19)6-9(10)13/h2-3,6,11H,4-5,7,13H2,1H3,(H,14,17). The van der Waals surface area contributed by atoms with Gasteiger partial charge in [0, 0.05) is 25.7 Å². The first kappa shape index (κ1) is 14.1. The number of amides is 1. The molecule has 1 atom stereocenters. The number of hydrogen-bond donors (Lipinski definition) is 2. The van der Waals surface area contributed by atoms with Crippen molar-refractivity contribution < 1.29 is 14.5 Å². The van der Waals surface area contributed by atoms with E-state index in [1.165, 1.54) is 12.1 Å². The molecule has 0 aliphatic carbocycles. The smallest absolute Gasteiger partial charge is 0.271 e. The average Bonchev–Trinajstić information content (AvgIpc) is 2.46. The Morgan fingerprint density at radius 3 is 2.95 bits per heavy atom. The maximum Gasteiger partial charge on any atom is 0.271 e. The van der Waals surface area contributed by atoms with E-state index in [0.717, 1.165) is 0 Å². The molecular formula is C12H16N4O4. The van der Waals surface area contributed by atoms with Crippen LogP contribution in [0.25, 0.3) is 0 Å². The molecule has 108 valence electrons. The van der Waals surface area contributed by atoms with E-state index < -0.39 is 11.0 Å². The summed E-state index contributed by atoms with van der Waals surface area (Å²) < 4.78 is 5.31. The van der Waals surface area contributed by atoms with Crippen LogP contribution in [0.4, 0.5) is 17.1 Å². The molecule has 0 spiro atoms. The molecule has 1 aromatic carbocycles. The van der Waals surface area contributed by atoms with E-state index in [2.05, 4.69) is 5.32 Å². The largest absolute Gasteiger partial charge is 0.397 e. The first-order chi connectivity index (χ1) is 9.54. The van der Waals surface area contributed by atoms with Gasteiger partial charge in [-0.2, -0.15) is 0 Å². The van der Waals surface area contributed by atoms with Gasteiger partial charge in [-0.3, -0.25) is 14.9 Å². The van der Waals surface area contributed by atoms with E-state index in [1.54, 1.807) is 18.0 Å². The molecule has 1 aliphatic rings. The molecule has 1 unspecified atom stereocenters. The Labute approximate surface area is 115 Å². The number of benzene rings is 1. The minimum atomic E-state index is -0.504. The molecule has 2 rings (SSSR count). The summed E-state index contributed by atoms with van der Waals surface area (Å²) in [5.74, 6) is -0.178. The number of nitrogens with zero attached hydrogens (tertiary/aromatic N) is 2. The topological polar surface area (TPSA) is 111 Å². The average molecular weight is 280 g/mol. The molecule has 20 heavy (non-hydrogen) atoms. The van der Waals surface area contributed by atoms with E-state index in [1.807, 2.05) is 0 Å². The summed E-state index contributed by atoms with van der Waals surface area (Å²) in [6.07, 6.45) is 0. The number of ether oxygens (including phenoxy) is 1. The van der Waals surface area contributed by atoms with Crippen molar-refractivity contribution in [1.29, 1.82) is 0 Å². The third-order valence-corrected chi connectivity index (χ3v) is 3.21. The second-order valence-corrected chi connectivity index (χ2v) is 4.40. The summed E-state index contributed by atoms with van der Waals surface area (Å²) in [5, 5.41) is 13.3. The molecule has 8 nitrogen and oxygen atoms in total. The van der Waals surface area contributed by atoms with Crippen LogP contribution in [0.15, 0.2) is 18.2 Å². The maximum absolute atomic E-state index is 11.9. The molecule has 8 heteroatoms.